The van der Waals surface area contributed by atoms with Gasteiger partial charge in [-0.3, -0.25) is 4.79 Å². The summed E-state index contributed by atoms with van der Waals surface area (Å²) in [7, 11) is -3.24. The van der Waals surface area contributed by atoms with Crippen LogP contribution in [0.3, 0.4) is 0 Å². The summed E-state index contributed by atoms with van der Waals surface area (Å²) in [5.41, 5.74) is 7.59. The lowest BCUT2D eigenvalue weighted by Gasteiger charge is -2.36. The molecule has 1 aromatic carbocycles. The Morgan fingerprint density at radius 3 is 2.71 bits per heavy atom. The van der Waals surface area contributed by atoms with Gasteiger partial charge in [-0.15, -0.1) is 12.4 Å². The molecule has 24 heavy (non-hydrogen) atoms. The van der Waals surface area contributed by atoms with Crippen molar-refractivity contribution >= 4 is 34.0 Å². The van der Waals surface area contributed by atoms with Gasteiger partial charge in [0, 0.05) is 31.2 Å². The molecular formula is C16H26ClN3O3S. The summed E-state index contributed by atoms with van der Waals surface area (Å²) in [6.07, 6.45) is 4.96. The zero-order valence-corrected chi connectivity index (χ0v) is 15.5. The number of amides is 1. The number of likely N-dealkylation sites (tertiary alicyclic amines) is 1. The molecule has 1 heterocycles. The van der Waals surface area contributed by atoms with E-state index >= 15 is 0 Å². The number of anilines is 1. The van der Waals surface area contributed by atoms with Crippen LogP contribution in [0, 0.1) is 0 Å². The number of sulfonamides is 1. The number of rotatable bonds is 6. The van der Waals surface area contributed by atoms with Gasteiger partial charge >= 0.3 is 0 Å². The van der Waals surface area contributed by atoms with Crippen LogP contribution in [0.1, 0.15) is 31.2 Å². The highest BCUT2D eigenvalue weighted by atomic mass is 35.5. The first-order valence-corrected chi connectivity index (χ1v) is 9.83. The van der Waals surface area contributed by atoms with Crippen molar-refractivity contribution in [2.45, 2.75) is 38.1 Å². The second-order valence-corrected chi connectivity index (χ2v) is 7.89. The quantitative estimate of drug-likeness (QED) is 0.738. The van der Waals surface area contributed by atoms with Crippen LogP contribution in [-0.2, 0) is 21.2 Å². The highest BCUT2D eigenvalue weighted by molar-refractivity contribution is 7.88. The van der Waals surface area contributed by atoms with Gasteiger partial charge in [-0.1, -0.05) is 18.2 Å². The highest BCUT2D eigenvalue weighted by Gasteiger charge is 2.26. The number of aryl methyl sites for hydroxylation is 1. The van der Waals surface area contributed by atoms with Crippen LogP contribution in [0.5, 0.6) is 0 Å². The summed E-state index contributed by atoms with van der Waals surface area (Å²) >= 11 is 0. The molecule has 0 radical (unpaired) electrons. The molecule has 136 valence electrons. The van der Waals surface area contributed by atoms with Crippen molar-refractivity contribution in [3.63, 3.8) is 0 Å². The van der Waals surface area contributed by atoms with Crippen LogP contribution >= 0.6 is 12.4 Å². The van der Waals surface area contributed by atoms with E-state index in [1.807, 2.05) is 29.2 Å². The molecule has 0 bridgehead atoms. The summed E-state index contributed by atoms with van der Waals surface area (Å²) in [6.45, 7) is 0.983. The molecule has 1 amide bonds. The molecule has 0 saturated carbocycles. The lowest BCUT2D eigenvalue weighted by molar-refractivity contribution is -0.134. The zero-order chi connectivity index (χ0) is 16.9. The van der Waals surface area contributed by atoms with Gasteiger partial charge in [-0.25, -0.2) is 13.1 Å². The molecule has 1 fully saturated rings. The summed E-state index contributed by atoms with van der Waals surface area (Å²) < 4.78 is 25.1. The molecule has 1 atom stereocenters. The number of para-hydroxylation sites is 1. The van der Waals surface area contributed by atoms with Crippen LogP contribution in [0.4, 0.5) is 5.69 Å². The van der Waals surface area contributed by atoms with Gasteiger partial charge in [0.25, 0.3) is 0 Å². The second kappa shape index (κ2) is 9.25. The Morgan fingerprint density at radius 2 is 2.04 bits per heavy atom. The lowest BCUT2D eigenvalue weighted by atomic mass is 10.0. The maximum absolute atomic E-state index is 12.5. The number of piperidine rings is 1. The highest BCUT2D eigenvalue weighted by Crippen LogP contribution is 2.19. The first-order chi connectivity index (χ1) is 10.9. The first kappa shape index (κ1) is 20.7. The van der Waals surface area contributed by atoms with Crippen molar-refractivity contribution in [2.75, 3.05) is 25.1 Å². The van der Waals surface area contributed by atoms with E-state index in [4.69, 9.17) is 5.73 Å². The molecule has 1 aromatic rings. The largest absolute Gasteiger partial charge is 0.399 e. The van der Waals surface area contributed by atoms with Crippen LogP contribution in [0.25, 0.3) is 0 Å². The van der Waals surface area contributed by atoms with E-state index in [1.165, 1.54) is 0 Å². The molecule has 3 N–H and O–H groups in total. The number of nitrogens with two attached hydrogens (primary N) is 1. The normalized spacial score (nSPS) is 18.0. The van der Waals surface area contributed by atoms with Gasteiger partial charge in [0.2, 0.25) is 15.9 Å². The van der Waals surface area contributed by atoms with Crippen molar-refractivity contribution in [3.8, 4) is 0 Å². The number of nitrogen functional groups attached to an aromatic ring is 1. The minimum Gasteiger partial charge on any atom is -0.399 e. The van der Waals surface area contributed by atoms with E-state index in [1.54, 1.807) is 0 Å². The fourth-order valence-corrected chi connectivity index (χ4v) is 3.43. The number of carbonyl (C=O) groups is 1. The monoisotopic (exact) mass is 375 g/mol. The van der Waals surface area contributed by atoms with Gasteiger partial charge in [0.15, 0.2) is 0 Å². The Bertz CT molecular complexity index is 652. The molecule has 8 heteroatoms. The summed E-state index contributed by atoms with van der Waals surface area (Å²) in [5.74, 6) is 0.0632. The molecule has 1 aliphatic rings. The molecule has 0 aromatic heterocycles. The predicted octanol–water partition coefficient (Wildman–Crippen LogP) is 1.55. The van der Waals surface area contributed by atoms with Crippen LogP contribution in [0.2, 0.25) is 0 Å². The molecule has 1 aliphatic heterocycles. The third-order valence-electron chi connectivity index (χ3n) is 4.19. The lowest BCUT2D eigenvalue weighted by Crippen LogP contribution is -2.49. The van der Waals surface area contributed by atoms with Gasteiger partial charge in [0.1, 0.15) is 0 Å². The minimum absolute atomic E-state index is 0. The maximum atomic E-state index is 12.5. The molecule has 1 unspecified atom stereocenters. The molecular weight excluding hydrogens is 350 g/mol. The Kier molecular flexibility index (Phi) is 7.99. The van der Waals surface area contributed by atoms with Crippen LogP contribution < -0.4 is 10.5 Å². The maximum Gasteiger partial charge on any atom is 0.223 e. The van der Waals surface area contributed by atoms with E-state index in [9.17, 15) is 13.2 Å². The van der Waals surface area contributed by atoms with E-state index in [0.717, 1.165) is 31.1 Å². The number of nitrogens with zero attached hydrogens (tertiary/aromatic N) is 1. The van der Waals surface area contributed by atoms with Gasteiger partial charge in [-0.05, 0) is 37.3 Å². The van der Waals surface area contributed by atoms with Crippen LogP contribution in [0.15, 0.2) is 24.3 Å². The molecule has 0 aliphatic carbocycles. The fourth-order valence-electron chi connectivity index (χ4n) is 2.94. The minimum atomic E-state index is -3.24. The van der Waals surface area contributed by atoms with Crippen molar-refractivity contribution < 1.29 is 13.2 Å². The first-order valence-electron chi connectivity index (χ1n) is 7.94. The Labute approximate surface area is 150 Å². The number of hydrogen-bond acceptors (Lipinski definition) is 4. The van der Waals surface area contributed by atoms with Gasteiger partial charge in [0.05, 0.1) is 6.26 Å². The summed E-state index contributed by atoms with van der Waals surface area (Å²) in [6, 6.07) is 7.49. The fraction of sp³-hybridized carbons (Fsp3) is 0.562. The van der Waals surface area contributed by atoms with Crippen LogP contribution in [-0.4, -0.2) is 44.6 Å². The number of nitrogens with one attached hydrogen (secondary N) is 1. The van der Waals surface area contributed by atoms with E-state index in [-0.39, 0.29) is 30.9 Å². The Morgan fingerprint density at radius 1 is 1.33 bits per heavy atom. The average molecular weight is 376 g/mol. The van der Waals surface area contributed by atoms with Gasteiger partial charge < -0.3 is 10.6 Å². The summed E-state index contributed by atoms with van der Waals surface area (Å²) in [4.78, 5) is 14.3. The molecule has 6 nitrogen and oxygen atoms in total. The molecule has 1 saturated heterocycles. The Balaban J connectivity index is 0.00000288. The third-order valence-corrected chi connectivity index (χ3v) is 4.88. The predicted molar refractivity (Wildman–Crippen MR) is 98.6 cm³/mol. The van der Waals surface area contributed by atoms with Gasteiger partial charge in [-0.2, -0.15) is 0 Å². The van der Waals surface area contributed by atoms with Crippen molar-refractivity contribution in [1.29, 1.82) is 0 Å². The topological polar surface area (TPSA) is 92.5 Å². The smallest absolute Gasteiger partial charge is 0.223 e. The Hall–Kier alpha value is -1.31. The number of carbonyl (C=O) groups excluding carboxylic acids is 1. The zero-order valence-electron chi connectivity index (χ0n) is 13.9. The van der Waals surface area contributed by atoms with E-state index < -0.39 is 10.0 Å². The van der Waals surface area contributed by atoms with E-state index in [0.29, 0.717) is 25.1 Å². The van der Waals surface area contributed by atoms with Crippen molar-refractivity contribution in [1.82, 2.24) is 9.62 Å². The summed E-state index contributed by atoms with van der Waals surface area (Å²) in [5, 5.41) is 0. The number of benzene rings is 1. The SMILES string of the molecule is CS(=O)(=O)NCC1CCCCN1C(=O)CCc1ccccc1N.Cl. The third kappa shape index (κ3) is 6.30. The van der Waals surface area contributed by atoms with Crippen molar-refractivity contribution in [3.05, 3.63) is 29.8 Å². The molecule has 2 rings (SSSR count). The standard InChI is InChI=1S/C16H25N3O3S.ClH/c1-23(21,22)18-12-14-7-4-5-11-19(14)16(20)10-9-13-6-2-3-8-15(13)17;/h2-3,6,8,14,18H,4-5,7,9-12,17H2,1H3;1H. The average Bonchev–Trinajstić information content (AvgIpc) is 2.51. The van der Waals surface area contributed by atoms with E-state index in [2.05, 4.69) is 4.72 Å². The van der Waals surface area contributed by atoms with Crippen molar-refractivity contribution in [2.24, 2.45) is 0 Å². The number of hydrogen-bond donors (Lipinski definition) is 2. The second-order valence-electron chi connectivity index (χ2n) is 6.06. The number of halogens is 1. The molecule has 0 spiro atoms.